The standard InChI is InChI=1S/C23H29N3O2/c24-16-20-8-4-5-9-21(20)26-23(28)19-12-10-18(11-13-19)22(27)25-15-14-17-6-2-1-3-7-17/h4-6,8-9,18-19H,1-3,7,10-15H2,(H,25,27)(H,26,28). The first-order valence-corrected chi connectivity index (χ1v) is 10.4. The molecule has 0 bridgehead atoms. The third kappa shape index (κ3) is 5.45. The lowest BCUT2D eigenvalue weighted by molar-refractivity contribution is -0.128. The Labute approximate surface area is 167 Å². The van der Waals surface area contributed by atoms with Gasteiger partial charge in [0.25, 0.3) is 0 Å². The maximum Gasteiger partial charge on any atom is 0.227 e. The van der Waals surface area contributed by atoms with Crippen LogP contribution in [0.3, 0.4) is 0 Å². The Morgan fingerprint density at radius 3 is 2.43 bits per heavy atom. The van der Waals surface area contributed by atoms with Crippen molar-refractivity contribution in [2.45, 2.75) is 57.8 Å². The summed E-state index contributed by atoms with van der Waals surface area (Å²) in [6.07, 6.45) is 11.1. The molecule has 2 aliphatic rings. The summed E-state index contributed by atoms with van der Waals surface area (Å²) in [4.78, 5) is 25.0. The van der Waals surface area contributed by atoms with Crippen molar-refractivity contribution < 1.29 is 9.59 Å². The first kappa shape index (κ1) is 20.1. The van der Waals surface area contributed by atoms with Gasteiger partial charge in [-0.15, -0.1) is 0 Å². The van der Waals surface area contributed by atoms with E-state index < -0.39 is 0 Å². The van der Waals surface area contributed by atoms with Crippen molar-refractivity contribution in [3.63, 3.8) is 0 Å². The van der Waals surface area contributed by atoms with Crippen LogP contribution in [-0.2, 0) is 9.59 Å². The molecule has 2 N–H and O–H groups in total. The number of rotatable bonds is 6. The summed E-state index contributed by atoms with van der Waals surface area (Å²) in [6, 6.07) is 9.13. The van der Waals surface area contributed by atoms with Crippen LogP contribution in [0.2, 0.25) is 0 Å². The van der Waals surface area contributed by atoms with Gasteiger partial charge in [0.2, 0.25) is 11.8 Å². The number of allylic oxidation sites excluding steroid dienone is 1. The number of nitriles is 1. The summed E-state index contributed by atoms with van der Waals surface area (Å²) in [6.45, 7) is 0.718. The first-order valence-electron chi connectivity index (χ1n) is 10.4. The second-order valence-corrected chi connectivity index (χ2v) is 7.84. The highest BCUT2D eigenvalue weighted by Gasteiger charge is 2.30. The Morgan fingerprint density at radius 1 is 1.04 bits per heavy atom. The summed E-state index contributed by atoms with van der Waals surface area (Å²) in [7, 11) is 0. The van der Waals surface area contributed by atoms with E-state index in [1.54, 1.807) is 24.3 Å². The molecule has 2 amide bonds. The van der Waals surface area contributed by atoms with Gasteiger partial charge in [0.05, 0.1) is 11.3 Å². The maximum absolute atomic E-state index is 12.5. The van der Waals surface area contributed by atoms with E-state index in [1.165, 1.54) is 31.3 Å². The first-order chi connectivity index (χ1) is 13.7. The molecule has 3 rings (SSSR count). The number of nitrogens with one attached hydrogen (secondary N) is 2. The molecule has 1 aromatic carbocycles. The molecule has 0 atom stereocenters. The number of hydrogen-bond donors (Lipinski definition) is 2. The smallest absolute Gasteiger partial charge is 0.227 e. The van der Waals surface area contributed by atoms with Crippen LogP contribution in [-0.4, -0.2) is 18.4 Å². The molecule has 148 valence electrons. The van der Waals surface area contributed by atoms with E-state index >= 15 is 0 Å². The molecular formula is C23H29N3O2. The van der Waals surface area contributed by atoms with Gasteiger partial charge < -0.3 is 10.6 Å². The summed E-state index contributed by atoms with van der Waals surface area (Å²) in [5, 5.41) is 15.1. The summed E-state index contributed by atoms with van der Waals surface area (Å²) in [5.74, 6) is -0.00476. The zero-order valence-corrected chi connectivity index (χ0v) is 16.4. The quantitative estimate of drug-likeness (QED) is 0.723. The van der Waals surface area contributed by atoms with Gasteiger partial charge in [0, 0.05) is 18.4 Å². The number of nitrogens with zero attached hydrogens (tertiary/aromatic N) is 1. The fourth-order valence-corrected chi connectivity index (χ4v) is 4.16. The minimum Gasteiger partial charge on any atom is -0.356 e. The fourth-order valence-electron chi connectivity index (χ4n) is 4.16. The molecular weight excluding hydrogens is 350 g/mol. The van der Waals surface area contributed by atoms with Crippen molar-refractivity contribution in [1.82, 2.24) is 5.32 Å². The van der Waals surface area contributed by atoms with E-state index in [2.05, 4.69) is 22.8 Å². The van der Waals surface area contributed by atoms with Crippen LogP contribution in [0.1, 0.15) is 63.4 Å². The average molecular weight is 380 g/mol. The zero-order valence-electron chi connectivity index (χ0n) is 16.4. The number of hydrogen-bond acceptors (Lipinski definition) is 3. The second-order valence-electron chi connectivity index (χ2n) is 7.84. The highest BCUT2D eigenvalue weighted by Crippen LogP contribution is 2.30. The number of anilines is 1. The molecule has 0 aliphatic heterocycles. The van der Waals surface area contributed by atoms with E-state index in [1.807, 2.05) is 0 Å². The van der Waals surface area contributed by atoms with E-state index in [9.17, 15) is 9.59 Å². The molecule has 0 aromatic heterocycles. The molecule has 1 aromatic rings. The molecule has 0 saturated heterocycles. The Morgan fingerprint density at radius 2 is 1.75 bits per heavy atom. The largest absolute Gasteiger partial charge is 0.356 e. The topological polar surface area (TPSA) is 82.0 Å². The third-order valence-corrected chi connectivity index (χ3v) is 5.90. The molecule has 0 radical (unpaired) electrons. The molecule has 0 spiro atoms. The predicted octanol–water partition coefficient (Wildman–Crippen LogP) is 4.31. The van der Waals surface area contributed by atoms with Gasteiger partial charge in [-0.3, -0.25) is 9.59 Å². The number of carbonyl (C=O) groups excluding carboxylic acids is 2. The summed E-state index contributed by atoms with van der Waals surface area (Å²) in [5.41, 5.74) is 2.51. The van der Waals surface area contributed by atoms with Crippen LogP contribution in [0.25, 0.3) is 0 Å². The molecule has 0 heterocycles. The monoisotopic (exact) mass is 379 g/mol. The predicted molar refractivity (Wildman–Crippen MR) is 109 cm³/mol. The SMILES string of the molecule is N#Cc1ccccc1NC(=O)C1CCC(C(=O)NCCC2=CCCCC2)CC1. The fraction of sp³-hybridized carbons (Fsp3) is 0.522. The highest BCUT2D eigenvalue weighted by atomic mass is 16.2. The van der Waals surface area contributed by atoms with Gasteiger partial charge in [-0.1, -0.05) is 23.8 Å². The van der Waals surface area contributed by atoms with Crippen molar-refractivity contribution in [1.29, 1.82) is 5.26 Å². The minimum atomic E-state index is -0.0943. The minimum absolute atomic E-state index is 0.00998. The summed E-state index contributed by atoms with van der Waals surface area (Å²) >= 11 is 0. The molecule has 28 heavy (non-hydrogen) atoms. The number of amides is 2. The number of benzene rings is 1. The van der Waals surface area contributed by atoms with E-state index in [0.29, 0.717) is 24.1 Å². The molecule has 5 heteroatoms. The van der Waals surface area contributed by atoms with Crippen LogP contribution in [0.15, 0.2) is 35.9 Å². The Balaban J connectivity index is 1.41. The van der Waals surface area contributed by atoms with Crippen LogP contribution >= 0.6 is 0 Å². The molecule has 2 aliphatic carbocycles. The van der Waals surface area contributed by atoms with Gasteiger partial charge in [0.15, 0.2) is 0 Å². The van der Waals surface area contributed by atoms with Crippen LogP contribution < -0.4 is 10.6 Å². The van der Waals surface area contributed by atoms with Gasteiger partial charge in [-0.25, -0.2) is 0 Å². The van der Waals surface area contributed by atoms with Gasteiger partial charge in [0.1, 0.15) is 6.07 Å². The average Bonchev–Trinajstić information content (AvgIpc) is 2.75. The van der Waals surface area contributed by atoms with Crippen LogP contribution in [0, 0.1) is 23.2 Å². The lowest BCUT2D eigenvalue weighted by Gasteiger charge is -2.27. The molecule has 1 fully saturated rings. The second kappa shape index (κ2) is 10.1. The Kier molecular flexibility index (Phi) is 7.25. The zero-order chi connectivity index (χ0) is 19.8. The lowest BCUT2D eigenvalue weighted by atomic mass is 9.81. The lowest BCUT2D eigenvalue weighted by Crippen LogP contribution is -2.36. The van der Waals surface area contributed by atoms with E-state index in [0.717, 1.165) is 25.8 Å². The van der Waals surface area contributed by atoms with Crippen molar-refractivity contribution in [2.24, 2.45) is 11.8 Å². The molecule has 1 saturated carbocycles. The van der Waals surface area contributed by atoms with Gasteiger partial charge in [-0.05, 0) is 69.9 Å². The highest BCUT2D eigenvalue weighted by molar-refractivity contribution is 5.94. The van der Waals surface area contributed by atoms with Crippen LogP contribution in [0.5, 0.6) is 0 Å². The summed E-state index contributed by atoms with van der Waals surface area (Å²) < 4.78 is 0. The van der Waals surface area contributed by atoms with Gasteiger partial charge >= 0.3 is 0 Å². The van der Waals surface area contributed by atoms with Crippen LogP contribution in [0.4, 0.5) is 5.69 Å². The molecule has 5 nitrogen and oxygen atoms in total. The maximum atomic E-state index is 12.5. The Bertz CT molecular complexity index is 770. The van der Waals surface area contributed by atoms with Gasteiger partial charge in [-0.2, -0.15) is 5.26 Å². The van der Waals surface area contributed by atoms with Crippen molar-refractivity contribution in [3.05, 3.63) is 41.5 Å². The number of para-hydroxylation sites is 1. The van der Waals surface area contributed by atoms with Crippen molar-refractivity contribution >= 4 is 17.5 Å². The van der Waals surface area contributed by atoms with Crippen molar-refractivity contribution in [3.8, 4) is 6.07 Å². The molecule has 0 unspecified atom stereocenters. The number of carbonyl (C=O) groups is 2. The van der Waals surface area contributed by atoms with Crippen molar-refractivity contribution in [2.75, 3.05) is 11.9 Å². The van der Waals surface area contributed by atoms with E-state index in [-0.39, 0.29) is 23.7 Å². The van der Waals surface area contributed by atoms with E-state index in [4.69, 9.17) is 5.26 Å². The third-order valence-electron chi connectivity index (χ3n) is 5.90. The normalized spacial score (nSPS) is 21.9. The Hall–Kier alpha value is -2.61.